The molecule has 2 aromatic carbocycles. The Labute approximate surface area is 171 Å². The van der Waals surface area contributed by atoms with Gasteiger partial charge in [0.05, 0.1) is 11.6 Å². The van der Waals surface area contributed by atoms with Crippen LogP contribution in [0.3, 0.4) is 0 Å². The topological polar surface area (TPSA) is 70.0 Å². The van der Waals surface area contributed by atoms with Crippen molar-refractivity contribution in [1.82, 2.24) is 4.98 Å². The van der Waals surface area contributed by atoms with E-state index in [0.717, 1.165) is 34.1 Å². The van der Waals surface area contributed by atoms with Crippen LogP contribution in [-0.2, 0) is 0 Å². The number of hydrogen-bond acceptors (Lipinski definition) is 5. The fourth-order valence-electron chi connectivity index (χ4n) is 3.36. The van der Waals surface area contributed by atoms with Crippen molar-refractivity contribution < 1.29 is 4.74 Å². The standard InChI is InChI=1S/C24H24N4O/c1-15-10-16(2)24(17(3)11-15)29-21-12-22(28-23(13-21)27-20-8-9-20)26-19-6-4-18(14-25)5-7-19/h4-7,10-13,20H,8-9H2,1-3H3,(H2,26,27,28). The molecule has 3 aromatic rings. The van der Waals surface area contributed by atoms with Gasteiger partial charge in [0.25, 0.3) is 0 Å². The molecule has 0 atom stereocenters. The Balaban J connectivity index is 1.64. The van der Waals surface area contributed by atoms with E-state index < -0.39 is 0 Å². The van der Waals surface area contributed by atoms with E-state index in [9.17, 15) is 0 Å². The Kier molecular flexibility index (Phi) is 5.09. The third-order valence-electron chi connectivity index (χ3n) is 4.84. The molecule has 1 fully saturated rings. The van der Waals surface area contributed by atoms with Crippen molar-refractivity contribution in [3.63, 3.8) is 0 Å². The van der Waals surface area contributed by atoms with Gasteiger partial charge in [-0.15, -0.1) is 0 Å². The molecule has 5 nitrogen and oxygen atoms in total. The van der Waals surface area contributed by atoms with E-state index in [2.05, 4.69) is 54.6 Å². The van der Waals surface area contributed by atoms with Crippen molar-refractivity contribution >= 4 is 17.3 Å². The highest BCUT2D eigenvalue weighted by atomic mass is 16.5. The molecule has 1 saturated carbocycles. The van der Waals surface area contributed by atoms with Gasteiger partial charge in [0, 0.05) is 23.9 Å². The first-order valence-corrected chi connectivity index (χ1v) is 9.82. The number of ether oxygens (including phenoxy) is 1. The lowest BCUT2D eigenvalue weighted by atomic mass is 10.1. The zero-order valence-corrected chi connectivity index (χ0v) is 16.9. The number of hydrogen-bond donors (Lipinski definition) is 2. The van der Waals surface area contributed by atoms with Crippen LogP contribution in [0.4, 0.5) is 17.3 Å². The van der Waals surface area contributed by atoms with E-state index in [-0.39, 0.29) is 0 Å². The Morgan fingerprint density at radius 1 is 0.966 bits per heavy atom. The molecule has 0 unspecified atom stereocenters. The number of aryl methyl sites for hydroxylation is 3. The number of anilines is 3. The molecule has 0 aliphatic heterocycles. The molecule has 0 saturated heterocycles. The summed E-state index contributed by atoms with van der Waals surface area (Å²) < 4.78 is 6.29. The Hall–Kier alpha value is -3.52. The van der Waals surface area contributed by atoms with E-state index in [4.69, 9.17) is 10.00 Å². The average molecular weight is 384 g/mol. The molecule has 1 heterocycles. The molecule has 146 valence electrons. The van der Waals surface area contributed by atoms with Crippen LogP contribution in [0.1, 0.15) is 35.1 Å². The summed E-state index contributed by atoms with van der Waals surface area (Å²) in [4.78, 5) is 4.68. The predicted octanol–water partition coefficient (Wildman–Crippen LogP) is 5.99. The Bertz CT molecular complexity index is 1060. The number of nitriles is 1. The van der Waals surface area contributed by atoms with Crippen LogP contribution in [0, 0.1) is 32.1 Å². The molecule has 0 spiro atoms. The molecule has 4 rings (SSSR count). The minimum Gasteiger partial charge on any atom is -0.457 e. The fraction of sp³-hybridized carbons (Fsp3) is 0.250. The lowest BCUT2D eigenvalue weighted by Gasteiger charge is -2.16. The smallest absolute Gasteiger partial charge is 0.136 e. The van der Waals surface area contributed by atoms with Crippen LogP contribution < -0.4 is 15.4 Å². The van der Waals surface area contributed by atoms with Gasteiger partial charge in [0.1, 0.15) is 23.1 Å². The maximum Gasteiger partial charge on any atom is 0.136 e. The second-order valence-electron chi connectivity index (χ2n) is 7.64. The highest BCUT2D eigenvalue weighted by Crippen LogP contribution is 2.34. The maximum atomic E-state index is 8.98. The van der Waals surface area contributed by atoms with Crippen LogP contribution in [0.15, 0.2) is 48.5 Å². The zero-order valence-electron chi connectivity index (χ0n) is 16.9. The molecular formula is C24H24N4O. The molecular weight excluding hydrogens is 360 g/mol. The van der Waals surface area contributed by atoms with Gasteiger partial charge in [-0.25, -0.2) is 4.98 Å². The summed E-state index contributed by atoms with van der Waals surface area (Å²) in [6.45, 7) is 6.22. The number of rotatable bonds is 6. The van der Waals surface area contributed by atoms with E-state index >= 15 is 0 Å². The second kappa shape index (κ2) is 7.84. The van der Waals surface area contributed by atoms with Gasteiger partial charge in [-0.05, 0) is 69.0 Å². The molecule has 0 amide bonds. The molecule has 1 aliphatic rings. The molecule has 2 N–H and O–H groups in total. The third kappa shape index (κ3) is 4.67. The predicted molar refractivity (Wildman–Crippen MR) is 116 cm³/mol. The summed E-state index contributed by atoms with van der Waals surface area (Å²) >= 11 is 0. The molecule has 5 heteroatoms. The van der Waals surface area contributed by atoms with Crippen molar-refractivity contribution in [2.24, 2.45) is 0 Å². The monoisotopic (exact) mass is 384 g/mol. The Morgan fingerprint density at radius 3 is 2.24 bits per heavy atom. The lowest BCUT2D eigenvalue weighted by Crippen LogP contribution is -2.05. The van der Waals surface area contributed by atoms with Crippen LogP contribution in [0.2, 0.25) is 0 Å². The number of benzene rings is 2. The molecule has 1 aliphatic carbocycles. The van der Waals surface area contributed by atoms with Crippen molar-refractivity contribution in [2.45, 2.75) is 39.7 Å². The average Bonchev–Trinajstić information content (AvgIpc) is 3.49. The first-order chi connectivity index (χ1) is 14.0. The summed E-state index contributed by atoms with van der Waals surface area (Å²) in [5.41, 5.74) is 4.94. The largest absolute Gasteiger partial charge is 0.457 e. The number of aromatic nitrogens is 1. The van der Waals surface area contributed by atoms with E-state index in [1.807, 2.05) is 24.3 Å². The zero-order chi connectivity index (χ0) is 20.4. The van der Waals surface area contributed by atoms with Gasteiger partial charge < -0.3 is 15.4 Å². The number of pyridine rings is 1. The molecule has 0 radical (unpaired) electrons. The maximum absolute atomic E-state index is 8.98. The quantitative estimate of drug-likeness (QED) is 0.546. The first-order valence-electron chi connectivity index (χ1n) is 9.82. The Morgan fingerprint density at radius 2 is 1.62 bits per heavy atom. The van der Waals surface area contributed by atoms with Crippen molar-refractivity contribution in [2.75, 3.05) is 10.6 Å². The normalized spacial score (nSPS) is 12.9. The second-order valence-corrected chi connectivity index (χ2v) is 7.64. The molecule has 0 bridgehead atoms. The van der Waals surface area contributed by atoms with Crippen molar-refractivity contribution in [1.29, 1.82) is 5.26 Å². The summed E-state index contributed by atoms with van der Waals surface area (Å²) in [7, 11) is 0. The number of nitrogens with zero attached hydrogens (tertiary/aromatic N) is 2. The van der Waals surface area contributed by atoms with Crippen molar-refractivity contribution in [3.8, 4) is 17.6 Å². The van der Waals surface area contributed by atoms with Crippen LogP contribution in [0.25, 0.3) is 0 Å². The fourth-order valence-corrected chi connectivity index (χ4v) is 3.36. The van der Waals surface area contributed by atoms with Crippen LogP contribution >= 0.6 is 0 Å². The third-order valence-corrected chi connectivity index (χ3v) is 4.84. The van der Waals surface area contributed by atoms with E-state index in [1.54, 1.807) is 12.1 Å². The summed E-state index contributed by atoms with van der Waals surface area (Å²) in [6.07, 6.45) is 2.34. The molecule has 29 heavy (non-hydrogen) atoms. The molecule has 1 aromatic heterocycles. The van der Waals surface area contributed by atoms with Gasteiger partial charge in [-0.1, -0.05) is 17.7 Å². The SMILES string of the molecule is Cc1cc(C)c(Oc2cc(Nc3ccc(C#N)cc3)nc(NC3CC3)c2)c(C)c1. The van der Waals surface area contributed by atoms with Crippen LogP contribution in [0.5, 0.6) is 11.5 Å². The van der Waals surface area contributed by atoms with Gasteiger partial charge in [-0.2, -0.15) is 5.26 Å². The summed E-state index contributed by atoms with van der Waals surface area (Å²) in [6, 6.07) is 18.0. The summed E-state index contributed by atoms with van der Waals surface area (Å²) in [5, 5.41) is 15.7. The minimum absolute atomic E-state index is 0.489. The summed E-state index contributed by atoms with van der Waals surface area (Å²) in [5.74, 6) is 3.10. The lowest BCUT2D eigenvalue weighted by molar-refractivity contribution is 0.475. The van der Waals surface area contributed by atoms with Gasteiger partial charge in [0.15, 0.2) is 0 Å². The highest BCUT2D eigenvalue weighted by molar-refractivity contribution is 5.62. The van der Waals surface area contributed by atoms with Gasteiger partial charge in [-0.3, -0.25) is 0 Å². The van der Waals surface area contributed by atoms with Crippen LogP contribution in [-0.4, -0.2) is 11.0 Å². The minimum atomic E-state index is 0.489. The van der Waals surface area contributed by atoms with Gasteiger partial charge >= 0.3 is 0 Å². The first kappa shape index (κ1) is 18.8. The van der Waals surface area contributed by atoms with Crippen molar-refractivity contribution in [3.05, 3.63) is 70.8 Å². The van der Waals surface area contributed by atoms with Gasteiger partial charge in [0.2, 0.25) is 0 Å². The van der Waals surface area contributed by atoms with E-state index in [0.29, 0.717) is 17.4 Å². The van der Waals surface area contributed by atoms with E-state index in [1.165, 1.54) is 18.4 Å². The number of nitrogens with one attached hydrogen (secondary N) is 2. The highest BCUT2D eigenvalue weighted by Gasteiger charge is 2.22.